The summed E-state index contributed by atoms with van der Waals surface area (Å²) in [7, 11) is 1.71. The van der Waals surface area contributed by atoms with Crippen molar-refractivity contribution in [3.8, 4) is 11.5 Å². The summed E-state index contributed by atoms with van der Waals surface area (Å²) in [6.45, 7) is 4.95. The average Bonchev–Trinajstić information content (AvgIpc) is 2.23. The van der Waals surface area contributed by atoms with E-state index in [1.165, 1.54) is 10.5 Å². The van der Waals surface area contributed by atoms with Crippen LogP contribution in [0.4, 0.5) is 0 Å². The number of aryl methyl sites for hydroxylation is 1. The predicted octanol–water partition coefficient (Wildman–Crippen LogP) is 2.80. The number of methoxy groups -OCH3 is 1. The fourth-order valence-corrected chi connectivity index (χ4v) is 2.72. The van der Waals surface area contributed by atoms with E-state index in [0.717, 1.165) is 29.4 Å². The largest absolute Gasteiger partial charge is 0.496 e. The van der Waals surface area contributed by atoms with Gasteiger partial charge in [0.15, 0.2) is 0 Å². The zero-order valence-electron chi connectivity index (χ0n) is 8.72. The predicted molar refractivity (Wildman–Crippen MR) is 58.7 cm³/mol. The highest BCUT2D eigenvalue weighted by atomic mass is 32.2. The van der Waals surface area contributed by atoms with Gasteiger partial charge in [0, 0.05) is 11.3 Å². The van der Waals surface area contributed by atoms with Crippen molar-refractivity contribution in [1.29, 1.82) is 0 Å². The Morgan fingerprint density at radius 1 is 1.43 bits per heavy atom. The molecule has 0 atom stereocenters. The Labute approximate surface area is 88.6 Å². The van der Waals surface area contributed by atoms with E-state index in [1.54, 1.807) is 7.11 Å². The first-order valence-corrected chi connectivity index (χ1v) is 5.66. The molecule has 0 saturated heterocycles. The Hall–Kier alpha value is -0.830. The van der Waals surface area contributed by atoms with Crippen LogP contribution >= 0.6 is 11.8 Å². The number of thioether (sulfide) groups is 1. The fraction of sp³-hybridized carbons (Fsp3) is 0.455. The quantitative estimate of drug-likeness (QED) is 0.710. The van der Waals surface area contributed by atoms with E-state index in [4.69, 9.17) is 9.47 Å². The third kappa shape index (κ3) is 1.46. The van der Waals surface area contributed by atoms with Crippen LogP contribution in [0.2, 0.25) is 0 Å². The summed E-state index contributed by atoms with van der Waals surface area (Å²) in [5.74, 6) is 3.03. The highest BCUT2D eigenvalue weighted by Crippen LogP contribution is 2.42. The number of hydrogen-bond acceptors (Lipinski definition) is 3. The minimum Gasteiger partial charge on any atom is -0.496 e. The Morgan fingerprint density at radius 3 is 2.93 bits per heavy atom. The normalized spacial score (nSPS) is 14.5. The van der Waals surface area contributed by atoms with Gasteiger partial charge in [0.2, 0.25) is 0 Å². The highest BCUT2D eigenvalue weighted by molar-refractivity contribution is 7.99. The Kier molecular flexibility index (Phi) is 2.59. The summed E-state index contributed by atoms with van der Waals surface area (Å²) in [5, 5.41) is 0. The Bertz CT molecular complexity index is 361. The van der Waals surface area contributed by atoms with E-state index < -0.39 is 0 Å². The lowest BCUT2D eigenvalue weighted by Gasteiger charge is -2.22. The van der Waals surface area contributed by atoms with Crippen molar-refractivity contribution < 1.29 is 9.47 Å². The zero-order chi connectivity index (χ0) is 10.1. The third-order valence-electron chi connectivity index (χ3n) is 2.42. The summed E-state index contributed by atoms with van der Waals surface area (Å²) in [6, 6.07) is 2.04. The SMILES string of the molecule is COc1cc(C)c2c(c1C)SCCO2. The van der Waals surface area contributed by atoms with Crippen LogP contribution in [0.1, 0.15) is 11.1 Å². The number of benzene rings is 1. The molecule has 0 radical (unpaired) electrons. The van der Waals surface area contributed by atoms with Gasteiger partial charge < -0.3 is 9.47 Å². The van der Waals surface area contributed by atoms with Gasteiger partial charge in [-0.2, -0.15) is 0 Å². The van der Waals surface area contributed by atoms with Crippen molar-refractivity contribution in [3.63, 3.8) is 0 Å². The minimum absolute atomic E-state index is 0.810. The molecule has 0 aliphatic carbocycles. The summed E-state index contributed by atoms with van der Waals surface area (Å²) in [6.07, 6.45) is 0. The molecule has 76 valence electrons. The number of rotatable bonds is 1. The summed E-state index contributed by atoms with van der Waals surface area (Å²) in [5.41, 5.74) is 2.35. The molecule has 0 bridgehead atoms. The molecular formula is C11H14O2S. The lowest BCUT2D eigenvalue weighted by Crippen LogP contribution is -2.09. The van der Waals surface area contributed by atoms with Crippen LogP contribution in [0, 0.1) is 13.8 Å². The molecule has 3 heteroatoms. The van der Waals surface area contributed by atoms with Crippen LogP contribution in [0.25, 0.3) is 0 Å². The van der Waals surface area contributed by atoms with Gasteiger partial charge in [0.25, 0.3) is 0 Å². The van der Waals surface area contributed by atoms with Gasteiger partial charge in [-0.3, -0.25) is 0 Å². The van der Waals surface area contributed by atoms with Gasteiger partial charge in [-0.05, 0) is 25.5 Å². The van der Waals surface area contributed by atoms with E-state index in [0.29, 0.717) is 0 Å². The lowest BCUT2D eigenvalue weighted by molar-refractivity contribution is 0.324. The maximum Gasteiger partial charge on any atom is 0.136 e. The van der Waals surface area contributed by atoms with E-state index in [2.05, 4.69) is 13.8 Å². The van der Waals surface area contributed by atoms with Crippen LogP contribution in [-0.4, -0.2) is 19.5 Å². The van der Waals surface area contributed by atoms with Gasteiger partial charge in [-0.1, -0.05) is 0 Å². The van der Waals surface area contributed by atoms with Crippen molar-refractivity contribution in [3.05, 3.63) is 17.2 Å². The number of hydrogen-bond donors (Lipinski definition) is 0. The molecule has 1 aromatic carbocycles. The minimum atomic E-state index is 0.810. The molecule has 2 rings (SSSR count). The zero-order valence-corrected chi connectivity index (χ0v) is 9.53. The summed E-state index contributed by atoms with van der Waals surface area (Å²) in [4.78, 5) is 1.24. The molecule has 0 unspecified atom stereocenters. The average molecular weight is 210 g/mol. The second-order valence-electron chi connectivity index (χ2n) is 3.38. The second-order valence-corrected chi connectivity index (χ2v) is 4.48. The van der Waals surface area contributed by atoms with Crippen molar-refractivity contribution in [2.24, 2.45) is 0 Å². The molecule has 1 aliphatic heterocycles. The molecular weight excluding hydrogens is 196 g/mol. The summed E-state index contributed by atoms with van der Waals surface area (Å²) < 4.78 is 11.0. The monoisotopic (exact) mass is 210 g/mol. The molecule has 14 heavy (non-hydrogen) atoms. The third-order valence-corrected chi connectivity index (χ3v) is 3.57. The Balaban J connectivity index is 2.58. The topological polar surface area (TPSA) is 18.5 Å². The molecule has 0 amide bonds. The lowest BCUT2D eigenvalue weighted by atomic mass is 10.1. The smallest absolute Gasteiger partial charge is 0.136 e. The first-order valence-electron chi connectivity index (χ1n) is 4.68. The van der Waals surface area contributed by atoms with Gasteiger partial charge in [-0.15, -0.1) is 11.8 Å². The van der Waals surface area contributed by atoms with Crippen LogP contribution in [-0.2, 0) is 0 Å². The molecule has 0 fully saturated rings. The fourth-order valence-electron chi connectivity index (χ4n) is 1.68. The van der Waals surface area contributed by atoms with Crippen molar-refractivity contribution in [2.45, 2.75) is 18.7 Å². The number of fused-ring (bicyclic) bond motifs is 1. The number of ether oxygens (including phenoxy) is 2. The van der Waals surface area contributed by atoms with E-state index >= 15 is 0 Å². The molecule has 0 spiro atoms. The van der Waals surface area contributed by atoms with E-state index in [9.17, 15) is 0 Å². The van der Waals surface area contributed by atoms with Gasteiger partial charge in [0.05, 0.1) is 18.6 Å². The van der Waals surface area contributed by atoms with Crippen LogP contribution < -0.4 is 9.47 Å². The summed E-state index contributed by atoms with van der Waals surface area (Å²) >= 11 is 1.85. The molecule has 0 saturated carbocycles. The molecule has 1 aromatic rings. The van der Waals surface area contributed by atoms with Crippen LogP contribution in [0.15, 0.2) is 11.0 Å². The maximum absolute atomic E-state index is 5.66. The first kappa shape index (κ1) is 9.71. The molecule has 1 aliphatic rings. The molecule has 2 nitrogen and oxygen atoms in total. The Morgan fingerprint density at radius 2 is 2.21 bits per heavy atom. The van der Waals surface area contributed by atoms with Gasteiger partial charge in [0.1, 0.15) is 11.5 Å². The van der Waals surface area contributed by atoms with Gasteiger partial charge >= 0.3 is 0 Å². The first-order chi connectivity index (χ1) is 6.74. The van der Waals surface area contributed by atoms with Crippen molar-refractivity contribution in [2.75, 3.05) is 19.5 Å². The molecule has 0 aromatic heterocycles. The van der Waals surface area contributed by atoms with Crippen molar-refractivity contribution >= 4 is 11.8 Å². The van der Waals surface area contributed by atoms with E-state index in [-0.39, 0.29) is 0 Å². The van der Waals surface area contributed by atoms with Crippen LogP contribution in [0.5, 0.6) is 11.5 Å². The van der Waals surface area contributed by atoms with E-state index in [1.807, 2.05) is 17.8 Å². The van der Waals surface area contributed by atoms with Crippen LogP contribution in [0.3, 0.4) is 0 Å². The molecule has 1 heterocycles. The maximum atomic E-state index is 5.66. The molecule has 0 N–H and O–H groups in total. The van der Waals surface area contributed by atoms with Crippen molar-refractivity contribution in [1.82, 2.24) is 0 Å². The standard InChI is InChI=1S/C11H14O2S/c1-7-6-9(12-3)8(2)11-10(7)13-4-5-14-11/h6H,4-5H2,1-3H3. The van der Waals surface area contributed by atoms with Gasteiger partial charge in [-0.25, -0.2) is 0 Å². The highest BCUT2D eigenvalue weighted by Gasteiger charge is 2.18. The second kappa shape index (κ2) is 3.73.